The summed E-state index contributed by atoms with van der Waals surface area (Å²) in [5.74, 6) is 0.650. The van der Waals surface area contributed by atoms with Crippen molar-refractivity contribution in [1.82, 2.24) is 19.7 Å². The van der Waals surface area contributed by atoms with Gasteiger partial charge in [-0.2, -0.15) is 5.10 Å². The highest BCUT2D eigenvalue weighted by atomic mass is 32.1. The molecule has 0 radical (unpaired) electrons. The molecule has 0 spiro atoms. The van der Waals surface area contributed by atoms with Crippen LogP contribution in [0.2, 0.25) is 0 Å². The van der Waals surface area contributed by atoms with E-state index >= 15 is 0 Å². The summed E-state index contributed by atoms with van der Waals surface area (Å²) in [5.41, 5.74) is 1.36. The van der Waals surface area contributed by atoms with Crippen LogP contribution in [0.1, 0.15) is 34.2 Å². The van der Waals surface area contributed by atoms with Crippen molar-refractivity contribution >= 4 is 17.2 Å². The van der Waals surface area contributed by atoms with E-state index in [2.05, 4.69) is 10.1 Å². The van der Waals surface area contributed by atoms with Crippen LogP contribution >= 0.6 is 11.3 Å². The summed E-state index contributed by atoms with van der Waals surface area (Å²) in [6, 6.07) is 3.94. The number of carbonyl (C=O) groups is 1. The SMILES string of the molecule is Cc1nc(-c2cc(C(=O)N3CCC[C@H](n4cccn4)C3)co2)cs1. The van der Waals surface area contributed by atoms with Gasteiger partial charge in [-0.05, 0) is 31.9 Å². The predicted molar refractivity (Wildman–Crippen MR) is 91.0 cm³/mol. The number of aryl methyl sites for hydroxylation is 1. The van der Waals surface area contributed by atoms with Gasteiger partial charge in [0.25, 0.3) is 5.91 Å². The number of hydrogen-bond donors (Lipinski definition) is 0. The van der Waals surface area contributed by atoms with Crippen molar-refractivity contribution in [3.05, 3.63) is 46.7 Å². The third kappa shape index (κ3) is 2.87. The van der Waals surface area contributed by atoms with Crippen molar-refractivity contribution in [3.63, 3.8) is 0 Å². The number of likely N-dealkylation sites (tertiary alicyclic amines) is 1. The van der Waals surface area contributed by atoms with E-state index in [-0.39, 0.29) is 11.9 Å². The molecule has 1 fully saturated rings. The van der Waals surface area contributed by atoms with E-state index in [4.69, 9.17) is 4.42 Å². The average Bonchev–Trinajstić information content (AvgIpc) is 3.35. The van der Waals surface area contributed by atoms with Crippen LogP contribution in [-0.2, 0) is 0 Å². The number of carbonyl (C=O) groups excluding carboxylic acids is 1. The first-order chi connectivity index (χ1) is 11.7. The van der Waals surface area contributed by atoms with Crippen LogP contribution in [0.15, 0.2) is 40.6 Å². The normalized spacial score (nSPS) is 18.0. The quantitative estimate of drug-likeness (QED) is 0.732. The van der Waals surface area contributed by atoms with Crippen LogP contribution in [0.25, 0.3) is 11.5 Å². The fourth-order valence-corrected chi connectivity index (χ4v) is 3.70. The number of hydrogen-bond acceptors (Lipinski definition) is 5. The molecule has 6 nitrogen and oxygen atoms in total. The van der Waals surface area contributed by atoms with Gasteiger partial charge in [-0.15, -0.1) is 11.3 Å². The minimum Gasteiger partial charge on any atom is -0.462 e. The summed E-state index contributed by atoms with van der Waals surface area (Å²) in [6.45, 7) is 3.40. The molecule has 1 atom stereocenters. The first-order valence-corrected chi connectivity index (χ1v) is 8.88. The Hall–Kier alpha value is -2.41. The Balaban J connectivity index is 1.50. The zero-order valence-electron chi connectivity index (χ0n) is 13.4. The number of rotatable bonds is 3. The molecule has 1 saturated heterocycles. The van der Waals surface area contributed by atoms with Crippen LogP contribution in [0.3, 0.4) is 0 Å². The average molecular weight is 342 g/mol. The second-order valence-corrected chi connectivity index (χ2v) is 7.05. The molecule has 4 heterocycles. The standard InChI is InChI=1S/C17H18N4O2S/c1-12-19-15(11-24-12)16-8-13(10-23-16)17(22)20-6-2-4-14(9-20)21-7-3-5-18-21/h3,5,7-8,10-11,14H,2,4,6,9H2,1H3/t14-/m0/s1. The van der Waals surface area contributed by atoms with Gasteiger partial charge < -0.3 is 9.32 Å². The van der Waals surface area contributed by atoms with Crippen molar-refractivity contribution < 1.29 is 9.21 Å². The Morgan fingerprint density at radius 3 is 3.12 bits per heavy atom. The van der Waals surface area contributed by atoms with Gasteiger partial charge in [0.15, 0.2) is 5.76 Å². The monoisotopic (exact) mass is 342 g/mol. The maximum atomic E-state index is 12.8. The number of thiazole rings is 1. The molecule has 0 unspecified atom stereocenters. The zero-order chi connectivity index (χ0) is 16.5. The fourth-order valence-electron chi connectivity index (χ4n) is 3.09. The van der Waals surface area contributed by atoms with E-state index in [0.29, 0.717) is 17.9 Å². The second kappa shape index (κ2) is 6.24. The fraction of sp³-hybridized carbons (Fsp3) is 0.353. The summed E-state index contributed by atoms with van der Waals surface area (Å²) < 4.78 is 7.50. The molecule has 1 aliphatic heterocycles. The number of amides is 1. The van der Waals surface area contributed by atoms with Crippen molar-refractivity contribution in [3.8, 4) is 11.5 Å². The molecule has 7 heteroatoms. The first-order valence-electron chi connectivity index (χ1n) is 8.00. The molecule has 1 amide bonds. The third-order valence-electron chi connectivity index (χ3n) is 4.30. The van der Waals surface area contributed by atoms with Gasteiger partial charge in [-0.25, -0.2) is 4.98 Å². The lowest BCUT2D eigenvalue weighted by Crippen LogP contribution is -2.40. The molecule has 0 saturated carbocycles. The minimum absolute atomic E-state index is 0.00816. The molecule has 0 aromatic carbocycles. The lowest BCUT2D eigenvalue weighted by Gasteiger charge is -2.32. The van der Waals surface area contributed by atoms with E-state index in [1.54, 1.807) is 23.6 Å². The largest absolute Gasteiger partial charge is 0.462 e. The Morgan fingerprint density at radius 1 is 1.46 bits per heavy atom. The van der Waals surface area contributed by atoms with Crippen molar-refractivity contribution in [2.75, 3.05) is 13.1 Å². The van der Waals surface area contributed by atoms with E-state index in [0.717, 1.165) is 30.1 Å². The topological polar surface area (TPSA) is 64.2 Å². The molecule has 124 valence electrons. The Labute approximate surface area is 143 Å². The summed E-state index contributed by atoms with van der Waals surface area (Å²) >= 11 is 1.57. The van der Waals surface area contributed by atoms with Crippen molar-refractivity contribution in [2.45, 2.75) is 25.8 Å². The summed E-state index contributed by atoms with van der Waals surface area (Å²) in [7, 11) is 0. The van der Waals surface area contributed by atoms with Gasteiger partial charge in [-0.1, -0.05) is 0 Å². The second-order valence-electron chi connectivity index (χ2n) is 5.98. The van der Waals surface area contributed by atoms with Gasteiger partial charge in [0.1, 0.15) is 12.0 Å². The molecule has 0 aliphatic carbocycles. The van der Waals surface area contributed by atoms with Gasteiger partial charge >= 0.3 is 0 Å². The Kier molecular flexibility index (Phi) is 3.93. The smallest absolute Gasteiger partial charge is 0.257 e. The molecule has 1 aliphatic rings. The predicted octanol–water partition coefficient (Wildman–Crippen LogP) is 3.39. The maximum Gasteiger partial charge on any atom is 0.257 e. The van der Waals surface area contributed by atoms with E-state index in [1.807, 2.05) is 34.1 Å². The van der Waals surface area contributed by atoms with Crippen LogP contribution in [0.4, 0.5) is 0 Å². The van der Waals surface area contributed by atoms with Crippen molar-refractivity contribution in [1.29, 1.82) is 0 Å². The van der Waals surface area contributed by atoms with E-state index in [9.17, 15) is 4.79 Å². The Morgan fingerprint density at radius 2 is 2.38 bits per heavy atom. The third-order valence-corrected chi connectivity index (χ3v) is 5.07. The molecule has 3 aromatic heterocycles. The number of nitrogens with zero attached hydrogens (tertiary/aromatic N) is 4. The number of piperidine rings is 1. The van der Waals surface area contributed by atoms with Crippen LogP contribution in [0, 0.1) is 6.92 Å². The molecule has 3 aromatic rings. The van der Waals surface area contributed by atoms with E-state index in [1.165, 1.54) is 6.26 Å². The highest BCUT2D eigenvalue weighted by Crippen LogP contribution is 2.26. The lowest BCUT2D eigenvalue weighted by atomic mass is 10.1. The molecule has 4 rings (SSSR count). The van der Waals surface area contributed by atoms with Crippen LogP contribution in [0.5, 0.6) is 0 Å². The highest BCUT2D eigenvalue weighted by molar-refractivity contribution is 7.09. The van der Waals surface area contributed by atoms with Gasteiger partial charge in [0.05, 0.1) is 16.6 Å². The maximum absolute atomic E-state index is 12.8. The molecule has 0 bridgehead atoms. The Bertz CT molecular complexity index is 837. The molecular formula is C17H18N4O2S. The lowest BCUT2D eigenvalue weighted by molar-refractivity contribution is 0.0672. The van der Waals surface area contributed by atoms with Gasteiger partial charge in [0.2, 0.25) is 0 Å². The van der Waals surface area contributed by atoms with E-state index < -0.39 is 0 Å². The summed E-state index contributed by atoms with van der Waals surface area (Å²) in [5, 5.41) is 7.23. The highest BCUT2D eigenvalue weighted by Gasteiger charge is 2.26. The van der Waals surface area contributed by atoms with Crippen molar-refractivity contribution in [2.24, 2.45) is 0 Å². The molecule has 0 N–H and O–H groups in total. The number of furan rings is 1. The molecule has 24 heavy (non-hydrogen) atoms. The summed E-state index contributed by atoms with van der Waals surface area (Å²) in [4.78, 5) is 19.1. The molecular weight excluding hydrogens is 324 g/mol. The minimum atomic E-state index is 0.00816. The van der Waals surface area contributed by atoms with Gasteiger partial charge in [0, 0.05) is 30.9 Å². The number of aromatic nitrogens is 3. The zero-order valence-corrected chi connectivity index (χ0v) is 14.2. The van der Waals surface area contributed by atoms with Crippen LogP contribution in [-0.4, -0.2) is 38.7 Å². The van der Waals surface area contributed by atoms with Crippen LogP contribution < -0.4 is 0 Å². The first kappa shape index (κ1) is 15.1. The van der Waals surface area contributed by atoms with Gasteiger partial charge in [-0.3, -0.25) is 9.48 Å². The summed E-state index contributed by atoms with van der Waals surface area (Å²) in [6.07, 6.45) is 7.29.